The molecule has 2 aromatic rings. The van der Waals surface area contributed by atoms with Gasteiger partial charge < -0.3 is 4.42 Å². The fraction of sp³-hybridized carbons (Fsp3) is 0.154. The van der Waals surface area contributed by atoms with Crippen LogP contribution in [-0.4, -0.2) is 21.8 Å². The normalized spacial score (nSPS) is 11.3. The van der Waals surface area contributed by atoms with Gasteiger partial charge in [0.1, 0.15) is 11.5 Å². The summed E-state index contributed by atoms with van der Waals surface area (Å²) >= 11 is 0. The van der Waals surface area contributed by atoms with Gasteiger partial charge in [-0.3, -0.25) is 9.89 Å². The Hall–Kier alpha value is -2.63. The Labute approximate surface area is 110 Å². The van der Waals surface area contributed by atoms with Gasteiger partial charge in [0.05, 0.1) is 6.26 Å². The number of aromatic nitrogens is 2. The second-order valence-corrected chi connectivity index (χ2v) is 3.89. The van der Waals surface area contributed by atoms with E-state index >= 15 is 0 Å². The Balaban J connectivity index is 2.00. The molecule has 0 saturated heterocycles. The first kappa shape index (κ1) is 12.8. The van der Waals surface area contributed by atoms with Crippen molar-refractivity contribution >= 4 is 11.6 Å². The number of H-pyrrole nitrogens is 1. The number of hydrazone groups is 1. The van der Waals surface area contributed by atoms with Crippen molar-refractivity contribution < 1.29 is 9.21 Å². The molecular weight excluding hydrogens is 244 g/mol. The molecule has 0 aliphatic heterocycles. The van der Waals surface area contributed by atoms with Crippen LogP contribution >= 0.6 is 0 Å². The Morgan fingerprint density at radius 2 is 2.53 bits per heavy atom. The zero-order chi connectivity index (χ0) is 13.7. The van der Waals surface area contributed by atoms with Gasteiger partial charge in [-0.2, -0.15) is 10.2 Å². The number of carbonyl (C=O) groups excluding carboxylic acids is 1. The molecule has 0 aliphatic carbocycles. The quantitative estimate of drug-likeness (QED) is 0.488. The van der Waals surface area contributed by atoms with Crippen molar-refractivity contribution in [2.75, 3.05) is 0 Å². The molecule has 0 saturated carbocycles. The number of aromatic amines is 1. The predicted octanol–water partition coefficient (Wildman–Crippen LogP) is 1.89. The second-order valence-electron chi connectivity index (χ2n) is 3.89. The first-order chi connectivity index (χ1) is 9.20. The third-order valence-corrected chi connectivity index (χ3v) is 2.43. The van der Waals surface area contributed by atoms with Crippen molar-refractivity contribution in [3.05, 3.63) is 54.3 Å². The second kappa shape index (κ2) is 5.81. The molecule has 2 rings (SSSR count). The molecule has 0 fully saturated rings. The van der Waals surface area contributed by atoms with Crippen molar-refractivity contribution in [2.24, 2.45) is 5.10 Å². The number of allylic oxidation sites excluding steroid dienone is 1. The maximum atomic E-state index is 11.8. The van der Waals surface area contributed by atoms with Crippen LogP contribution in [0.2, 0.25) is 0 Å². The Bertz CT molecular complexity index is 596. The van der Waals surface area contributed by atoms with Crippen molar-refractivity contribution in [3.63, 3.8) is 0 Å². The van der Waals surface area contributed by atoms with Crippen molar-refractivity contribution in [3.8, 4) is 0 Å². The summed E-state index contributed by atoms with van der Waals surface area (Å²) in [6.07, 6.45) is 3.91. The van der Waals surface area contributed by atoms with Crippen molar-refractivity contribution in [2.45, 2.75) is 13.3 Å². The minimum absolute atomic E-state index is 0.285. The first-order valence-electron chi connectivity index (χ1n) is 5.74. The predicted molar refractivity (Wildman–Crippen MR) is 70.9 cm³/mol. The minimum atomic E-state index is -0.377. The fourth-order valence-electron chi connectivity index (χ4n) is 1.47. The zero-order valence-corrected chi connectivity index (χ0v) is 10.5. The lowest BCUT2D eigenvalue weighted by molar-refractivity contribution is 0.0950. The van der Waals surface area contributed by atoms with Gasteiger partial charge in [0.2, 0.25) is 0 Å². The number of nitrogens with one attached hydrogen (secondary N) is 2. The number of nitrogens with zero attached hydrogens (tertiary/aromatic N) is 2. The van der Waals surface area contributed by atoms with E-state index in [1.807, 2.05) is 0 Å². The summed E-state index contributed by atoms with van der Waals surface area (Å²) in [6, 6.07) is 5.18. The lowest BCUT2D eigenvalue weighted by Gasteiger charge is -1.97. The molecular formula is C13H14N4O2. The molecule has 0 aromatic carbocycles. The van der Waals surface area contributed by atoms with Gasteiger partial charge in [-0.25, -0.2) is 5.43 Å². The smallest absolute Gasteiger partial charge is 0.291 e. The van der Waals surface area contributed by atoms with Crippen LogP contribution in [0.1, 0.15) is 28.9 Å². The Morgan fingerprint density at radius 1 is 1.68 bits per heavy atom. The molecule has 98 valence electrons. The van der Waals surface area contributed by atoms with E-state index in [1.54, 1.807) is 37.5 Å². The van der Waals surface area contributed by atoms with Crippen molar-refractivity contribution in [1.29, 1.82) is 0 Å². The van der Waals surface area contributed by atoms with E-state index < -0.39 is 0 Å². The molecule has 19 heavy (non-hydrogen) atoms. The maximum Gasteiger partial charge on any atom is 0.291 e. The average Bonchev–Trinajstić information content (AvgIpc) is 3.06. The number of rotatable bonds is 5. The summed E-state index contributed by atoms with van der Waals surface area (Å²) < 4.78 is 5.15. The molecule has 1 amide bonds. The van der Waals surface area contributed by atoms with Gasteiger partial charge in [-0.15, -0.1) is 6.58 Å². The largest absolute Gasteiger partial charge is 0.463 e. The van der Waals surface area contributed by atoms with Gasteiger partial charge in [0, 0.05) is 12.1 Å². The van der Waals surface area contributed by atoms with E-state index in [4.69, 9.17) is 4.42 Å². The topological polar surface area (TPSA) is 83.3 Å². The molecule has 2 aromatic heterocycles. The SMILES string of the molecule is C=CCc1cc(C(=O)N/N=C(\C)c2ccco2)n[nH]1. The van der Waals surface area contributed by atoms with E-state index in [0.29, 0.717) is 17.9 Å². The van der Waals surface area contributed by atoms with E-state index in [-0.39, 0.29) is 11.6 Å². The monoisotopic (exact) mass is 258 g/mol. The Kier molecular flexibility index (Phi) is 3.92. The van der Waals surface area contributed by atoms with Gasteiger partial charge >= 0.3 is 0 Å². The molecule has 0 aliphatic rings. The molecule has 0 radical (unpaired) electrons. The van der Waals surface area contributed by atoms with E-state index in [2.05, 4.69) is 27.3 Å². The molecule has 6 nitrogen and oxygen atoms in total. The lowest BCUT2D eigenvalue weighted by Crippen LogP contribution is -2.19. The van der Waals surface area contributed by atoms with Crippen LogP contribution < -0.4 is 5.43 Å². The highest BCUT2D eigenvalue weighted by Crippen LogP contribution is 2.03. The average molecular weight is 258 g/mol. The number of furan rings is 1. The summed E-state index contributed by atoms with van der Waals surface area (Å²) in [4.78, 5) is 11.8. The van der Waals surface area contributed by atoms with Gasteiger partial charge in [0.15, 0.2) is 5.69 Å². The number of hydrogen-bond acceptors (Lipinski definition) is 4. The highest BCUT2D eigenvalue weighted by molar-refractivity contribution is 5.98. The van der Waals surface area contributed by atoms with Gasteiger partial charge in [-0.05, 0) is 25.1 Å². The number of hydrogen-bond donors (Lipinski definition) is 2. The van der Waals surface area contributed by atoms with Gasteiger partial charge in [0.25, 0.3) is 5.91 Å². The third kappa shape index (κ3) is 3.19. The molecule has 0 unspecified atom stereocenters. The molecule has 2 N–H and O–H groups in total. The fourth-order valence-corrected chi connectivity index (χ4v) is 1.47. The van der Waals surface area contributed by atoms with Crippen LogP contribution in [-0.2, 0) is 6.42 Å². The summed E-state index contributed by atoms with van der Waals surface area (Å²) in [6.45, 7) is 5.36. The van der Waals surface area contributed by atoms with Crippen LogP contribution in [0.4, 0.5) is 0 Å². The summed E-state index contributed by atoms with van der Waals surface area (Å²) in [7, 11) is 0. The number of amides is 1. The van der Waals surface area contributed by atoms with E-state index in [0.717, 1.165) is 5.69 Å². The van der Waals surface area contributed by atoms with Gasteiger partial charge in [-0.1, -0.05) is 6.08 Å². The van der Waals surface area contributed by atoms with Crippen LogP contribution in [0.3, 0.4) is 0 Å². The molecule has 0 atom stereocenters. The minimum Gasteiger partial charge on any atom is -0.463 e. The lowest BCUT2D eigenvalue weighted by atomic mass is 10.3. The van der Waals surface area contributed by atoms with Crippen molar-refractivity contribution in [1.82, 2.24) is 15.6 Å². The highest BCUT2D eigenvalue weighted by Gasteiger charge is 2.09. The zero-order valence-electron chi connectivity index (χ0n) is 10.5. The van der Waals surface area contributed by atoms with E-state index in [1.165, 1.54) is 0 Å². The third-order valence-electron chi connectivity index (χ3n) is 2.43. The van der Waals surface area contributed by atoms with Crippen LogP contribution in [0.25, 0.3) is 0 Å². The van der Waals surface area contributed by atoms with Crippen LogP contribution in [0.5, 0.6) is 0 Å². The summed E-state index contributed by atoms with van der Waals surface area (Å²) in [5, 5.41) is 10.6. The van der Waals surface area contributed by atoms with Crippen LogP contribution in [0.15, 0.2) is 46.6 Å². The van der Waals surface area contributed by atoms with E-state index in [9.17, 15) is 4.79 Å². The molecule has 2 heterocycles. The molecule has 0 bridgehead atoms. The summed E-state index contributed by atoms with van der Waals surface area (Å²) in [5.41, 5.74) is 4.12. The molecule has 0 spiro atoms. The maximum absolute atomic E-state index is 11.8. The van der Waals surface area contributed by atoms with Crippen LogP contribution in [0, 0.1) is 0 Å². The Morgan fingerprint density at radius 3 is 3.21 bits per heavy atom. The summed E-state index contributed by atoms with van der Waals surface area (Å²) in [5.74, 6) is 0.229. The molecule has 6 heteroatoms. The standard InChI is InChI=1S/C13H14N4O2/c1-3-5-10-8-11(16-15-10)13(18)17-14-9(2)12-6-4-7-19-12/h3-4,6-8H,1,5H2,2H3,(H,15,16)(H,17,18)/b14-9+. The number of carbonyl (C=O) groups is 1. The first-order valence-corrected chi connectivity index (χ1v) is 5.74. The highest BCUT2D eigenvalue weighted by atomic mass is 16.3.